The van der Waals surface area contributed by atoms with Crippen molar-refractivity contribution in [1.82, 2.24) is 9.55 Å². The van der Waals surface area contributed by atoms with Crippen molar-refractivity contribution in [3.05, 3.63) is 12.0 Å². The molecule has 0 radical (unpaired) electrons. The zero-order valence-corrected chi connectivity index (χ0v) is 10.2. The lowest BCUT2D eigenvalue weighted by atomic mass is 9.77. The van der Waals surface area contributed by atoms with Crippen LogP contribution in [0.1, 0.15) is 18.2 Å². The second kappa shape index (κ2) is 4.87. The summed E-state index contributed by atoms with van der Waals surface area (Å²) in [5, 5.41) is 18.9. The van der Waals surface area contributed by atoms with Gasteiger partial charge in [-0.05, 0) is 13.1 Å². The first-order valence-corrected chi connectivity index (χ1v) is 5.69. The Bertz CT molecular complexity index is 482. The quantitative estimate of drug-likeness (QED) is 0.493. The van der Waals surface area contributed by atoms with Crippen molar-refractivity contribution in [1.29, 1.82) is 0 Å². The number of hydrogen-bond donors (Lipinski definition) is 3. The summed E-state index contributed by atoms with van der Waals surface area (Å²) in [6, 6.07) is -0.145. The van der Waals surface area contributed by atoms with Gasteiger partial charge in [0.15, 0.2) is 5.82 Å². The maximum atomic E-state index is 9.91. The Morgan fingerprint density at radius 1 is 1.72 bits per heavy atom. The van der Waals surface area contributed by atoms with Gasteiger partial charge in [0.2, 0.25) is 0 Å². The van der Waals surface area contributed by atoms with Crippen molar-refractivity contribution in [3.63, 3.8) is 0 Å². The highest BCUT2D eigenvalue weighted by Crippen LogP contribution is 2.40. The molecule has 3 unspecified atom stereocenters. The van der Waals surface area contributed by atoms with Gasteiger partial charge in [-0.15, -0.1) is 0 Å². The third kappa shape index (κ3) is 1.81. The van der Waals surface area contributed by atoms with E-state index in [1.165, 1.54) is 0 Å². The van der Waals surface area contributed by atoms with Gasteiger partial charge in [-0.25, -0.2) is 9.98 Å². The molecule has 98 valence electrons. The molecule has 1 heterocycles. The topological polar surface area (TPSA) is 109 Å². The minimum Gasteiger partial charge on any atom is -0.396 e. The van der Waals surface area contributed by atoms with Gasteiger partial charge in [-0.1, -0.05) is 0 Å². The first-order valence-electron chi connectivity index (χ1n) is 5.69. The summed E-state index contributed by atoms with van der Waals surface area (Å²) in [5.41, 5.74) is 6.18. The molecule has 1 aliphatic rings. The van der Waals surface area contributed by atoms with Crippen molar-refractivity contribution in [2.45, 2.75) is 18.6 Å². The van der Waals surface area contributed by atoms with Crippen LogP contribution in [-0.4, -0.2) is 52.1 Å². The van der Waals surface area contributed by atoms with E-state index in [9.17, 15) is 5.11 Å². The molecule has 0 aliphatic heterocycles. The van der Waals surface area contributed by atoms with Gasteiger partial charge in [0.1, 0.15) is 11.5 Å². The van der Waals surface area contributed by atoms with E-state index in [1.807, 2.05) is 0 Å². The Morgan fingerprint density at radius 3 is 2.94 bits per heavy atom. The molecule has 7 heteroatoms. The van der Waals surface area contributed by atoms with Crippen LogP contribution in [0.15, 0.2) is 16.3 Å². The molecular formula is C11H17N5O2. The van der Waals surface area contributed by atoms with E-state index in [-0.39, 0.29) is 24.4 Å². The summed E-state index contributed by atoms with van der Waals surface area (Å²) in [6.45, 7) is 3.47. The molecular weight excluding hydrogens is 234 g/mol. The van der Waals surface area contributed by atoms with Crippen molar-refractivity contribution in [2.24, 2.45) is 21.6 Å². The first-order chi connectivity index (χ1) is 8.63. The minimum atomic E-state index is -0.600. The molecule has 0 bridgehead atoms. The highest BCUT2D eigenvalue weighted by molar-refractivity contribution is 5.99. The molecule has 1 aromatic rings. The molecule has 0 aromatic carbocycles. The van der Waals surface area contributed by atoms with E-state index in [4.69, 9.17) is 10.8 Å². The minimum absolute atomic E-state index is 0.0192. The van der Waals surface area contributed by atoms with Crippen LogP contribution in [0.5, 0.6) is 0 Å². The first kappa shape index (κ1) is 12.7. The Kier molecular flexibility index (Phi) is 3.44. The normalized spacial score (nSPS) is 27.9. The predicted octanol–water partition coefficient (Wildman–Crippen LogP) is -0.535. The monoisotopic (exact) mass is 251 g/mol. The third-order valence-corrected chi connectivity index (χ3v) is 3.41. The highest BCUT2D eigenvalue weighted by Gasteiger charge is 2.41. The van der Waals surface area contributed by atoms with Crippen molar-refractivity contribution >= 4 is 18.4 Å². The fourth-order valence-electron chi connectivity index (χ4n) is 2.21. The molecule has 18 heavy (non-hydrogen) atoms. The predicted molar refractivity (Wildman–Crippen MR) is 68.3 cm³/mol. The number of imidazole rings is 1. The van der Waals surface area contributed by atoms with Crippen LogP contribution in [0, 0.1) is 5.92 Å². The van der Waals surface area contributed by atoms with Gasteiger partial charge in [-0.3, -0.25) is 4.99 Å². The standard InChI is InChI=1S/C11H17N5O2/c1-13-10(12)8-11(14-2)16(5-15-8)7-3-6(4-17)9(7)18/h5-7,9,17-18H,2-4H2,1H3,(H2,12,13). The van der Waals surface area contributed by atoms with Gasteiger partial charge < -0.3 is 20.5 Å². The summed E-state index contributed by atoms with van der Waals surface area (Å²) >= 11 is 0. The number of nitrogens with two attached hydrogens (primary N) is 1. The average Bonchev–Trinajstić information content (AvgIpc) is 2.80. The lowest BCUT2D eigenvalue weighted by molar-refractivity contribution is -0.0557. The highest BCUT2D eigenvalue weighted by atomic mass is 16.3. The summed E-state index contributed by atoms with van der Waals surface area (Å²) in [4.78, 5) is 11.9. The van der Waals surface area contributed by atoms with Crippen LogP contribution < -0.4 is 5.73 Å². The van der Waals surface area contributed by atoms with Gasteiger partial charge in [0.25, 0.3) is 0 Å². The van der Waals surface area contributed by atoms with Crippen LogP contribution >= 0.6 is 0 Å². The number of aliphatic imine (C=N–C) groups is 2. The van der Waals surface area contributed by atoms with E-state index in [0.29, 0.717) is 17.9 Å². The van der Waals surface area contributed by atoms with Crippen molar-refractivity contribution in [3.8, 4) is 0 Å². The molecule has 0 amide bonds. The van der Waals surface area contributed by atoms with Crippen molar-refractivity contribution in [2.75, 3.05) is 13.7 Å². The Labute approximate surface area is 105 Å². The second-order valence-corrected chi connectivity index (χ2v) is 4.33. The zero-order chi connectivity index (χ0) is 13.3. The largest absolute Gasteiger partial charge is 0.396 e. The number of amidine groups is 1. The van der Waals surface area contributed by atoms with Crippen LogP contribution in [0.4, 0.5) is 5.82 Å². The zero-order valence-electron chi connectivity index (χ0n) is 10.2. The SMILES string of the molecule is C=Nc1c(C(N)=NC)ncn1C1CC(CO)C1O. The smallest absolute Gasteiger partial charge is 0.163 e. The number of hydrogen-bond acceptors (Lipinski definition) is 5. The summed E-state index contributed by atoms with van der Waals surface area (Å²) in [6.07, 6.45) is 1.65. The van der Waals surface area contributed by atoms with Crippen molar-refractivity contribution < 1.29 is 10.2 Å². The molecule has 3 atom stereocenters. The van der Waals surface area contributed by atoms with E-state index in [2.05, 4.69) is 21.7 Å². The van der Waals surface area contributed by atoms with E-state index >= 15 is 0 Å². The molecule has 0 spiro atoms. The van der Waals surface area contributed by atoms with Crippen LogP contribution in [-0.2, 0) is 0 Å². The average molecular weight is 251 g/mol. The number of aromatic nitrogens is 2. The number of aliphatic hydroxyl groups is 2. The number of aliphatic hydroxyl groups excluding tert-OH is 2. The molecule has 1 saturated carbocycles. The fourth-order valence-corrected chi connectivity index (χ4v) is 2.21. The van der Waals surface area contributed by atoms with E-state index in [0.717, 1.165) is 0 Å². The molecule has 0 saturated heterocycles. The summed E-state index contributed by atoms with van der Waals surface area (Å²) in [5.74, 6) is 0.693. The molecule has 7 nitrogen and oxygen atoms in total. The van der Waals surface area contributed by atoms with E-state index in [1.54, 1.807) is 17.9 Å². The summed E-state index contributed by atoms with van der Waals surface area (Å²) in [7, 11) is 1.57. The number of nitrogens with zero attached hydrogens (tertiary/aromatic N) is 4. The molecule has 1 fully saturated rings. The second-order valence-electron chi connectivity index (χ2n) is 4.33. The van der Waals surface area contributed by atoms with Crippen LogP contribution in [0.25, 0.3) is 0 Å². The van der Waals surface area contributed by atoms with Gasteiger partial charge in [-0.2, -0.15) is 0 Å². The van der Waals surface area contributed by atoms with Crippen LogP contribution in [0.2, 0.25) is 0 Å². The third-order valence-electron chi connectivity index (χ3n) is 3.41. The lowest BCUT2D eigenvalue weighted by Gasteiger charge is -2.41. The number of rotatable bonds is 4. The Hall–Kier alpha value is -1.73. The molecule has 4 N–H and O–H groups in total. The maximum Gasteiger partial charge on any atom is 0.163 e. The maximum absolute atomic E-state index is 9.91. The van der Waals surface area contributed by atoms with Gasteiger partial charge in [0, 0.05) is 19.6 Å². The lowest BCUT2D eigenvalue weighted by Crippen LogP contribution is -2.44. The van der Waals surface area contributed by atoms with E-state index < -0.39 is 6.10 Å². The fraction of sp³-hybridized carbons (Fsp3) is 0.545. The Morgan fingerprint density at radius 2 is 2.44 bits per heavy atom. The molecule has 1 aliphatic carbocycles. The molecule has 1 aromatic heterocycles. The van der Waals surface area contributed by atoms with Gasteiger partial charge in [0.05, 0.1) is 18.5 Å². The molecule has 2 rings (SSSR count). The Balaban J connectivity index is 2.31. The van der Waals surface area contributed by atoms with Gasteiger partial charge >= 0.3 is 0 Å². The summed E-state index contributed by atoms with van der Waals surface area (Å²) < 4.78 is 1.73. The van der Waals surface area contributed by atoms with Crippen LogP contribution in [0.3, 0.4) is 0 Å².